The van der Waals surface area contributed by atoms with Gasteiger partial charge in [-0.15, -0.1) is 23.5 Å². The zero-order valence-electron chi connectivity index (χ0n) is 16.8. The molecule has 0 fully saturated rings. The molecule has 0 amide bonds. The summed E-state index contributed by atoms with van der Waals surface area (Å²) in [6, 6.07) is 18.0. The highest BCUT2D eigenvalue weighted by Gasteiger charge is 2.18. The van der Waals surface area contributed by atoms with E-state index in [-0.39, 0.29) is 11.1 Å². The smallest absolute Gasteiger partial charge is 0.267 e. The number of thioether (sulfide) groups is 2. The molecule has 0 saturated carbocycles. The van der Waals surface area contributed by atoms with E-state index in [1.807, 2.05) is 67.1 Å². The van der Waals surface area contributed by atoms with Crippen LogP contribution in [0.4, 0.5) is 0 Å². The Morgan fingerprint density at radius 3 is 2.28 bits per heavy atom. The zero-order chi connectivity index (χ0) is 20.8. The highest BCUT2D eigenvalue weighted by Crippen LogP contribution is 2.26. The van der Waals surface area contributed by atoms with Crippen LogP contribution in [0.2, 0.25) is 0 Å². The summed E-state index contributed by atoms with van der Waals surface area (Å²) in [5.74, 6) is 0.548. The minimum absolute atomic E-state index is 0.0806. The van der Waals surface area contributed by atoms with Crippen molar-refractivity contribution in [3.05, 3.63) is 70.0 Å². The molecule has 0 saturated heterocycles. The van der Waals surface area contributed by atoms with Gasteiger partial charge < -0.3 is 0 Å². The molecule has 0 unspecified atom stereocenters. The Hall–Kier alpha value is -2.49. The Bertz CT molecular complexity index is 1080. The molecule has 3 rings (SSSR count). The van der Waals surface area contributed by atoms with E-state index in [1.54, 1.807) is 16.3 Å². The summed E-state index contributed by atoms with van der Waals surface area (Å²) < 4.78 is 1.55. The molecule has 148 valence electrons. The van der Waals surface area contributed by atoms with Crippen molar-refractivity contribution in [3.8, 4) is 23.1 Å². The molecular formula is C23H23N3OS2. The van der Waals surface area contributed by atoms with Gasteiger partial charge in [0.05, 0.1) is 5.69 Å². The average Bonchev–Trinajstić information content (AvgIpc) is 2.77. The van der Waals surface area contributed by atoms with Crippen LogP contribution < -0.4 is 5.56 Å². The predicted molar refractivity (Wildman–Crippen MR) is 122 cm³/mol. The fourth-order valence-electron chi connectivity index (χ4n) is 3.11. The molecule has 2 aromatic carbocycles. The summed E-state index contributed by atoms with van der Waals surface area (Å²) >= 11 is 2.98. The van der Waals surface area contributed by atoms with Gasteiger partial charge in [-0.3, -0.25) is 9.36 Å². The maximum absolute atomic E-state index is 13.2. The van der Waals surface area contributed by atoms with Crippen molar-refractivity contribution >= 4 is 23.5 Å². The SMILES string of the molecule is CCCCc1ccc(-n2c(-c3ccc(SC)cc3)nc(SC)c(C#N)c2=O)cc1. The number of benzene rings is 2. The van der Waals surface area contributed by atoms with Gasteiger partial charge in [-0.05, 0) is 55.2 Å². The number of aryl methyl sites for hydroxylation is 1. The summed E-state index contributed by atoms with van der Waals surface area (Å²) in [4.78, 5) is 19.1. The van der Waals surface area contributed by atoms with E-state index in [0.717, 1.165) is 35.4 Å². The number of aromatic nitrogens is 2. The van der Waals surface area contributed by atoms with Crippen LogP contribution in [0.1, 0.15) is 30.9 Å². The van der Waals surface area contributed by atoms with E-state index < -0.39 is 0 Å². The number of hydrogen-bond acceptors (Lipinski definition) is 5. The molecule has 4 nitrogen and oxygen atoms in total. The summed E-state index contributed by atoms with van der Waals surface area (Å²) in [5.41, 5.74) is 2.54. The second-order valence-corrected chi connectivity index (χ2v) is 8.25. The number of unbranched alkanes of at least 4 members (excludes halogenated alkanes) is 1. The first-order valence-corrected chi connectivity index (χ1v) is 11.9. The molecule has 1 heterocycles. The predicted octanol–water partition coefficient (Wildman–Crippen LogP) is 5.56. The lowest BCUT2D eigenvalue weighted by atomic mass is 10.1. The van der Waals surface area contributed by atoms with Gasteiger partial charge >= 0.3 is 0 Å². The third-order valence-electron chi connectivity index (χ3n) is 4.72. The van der Waals surface area contributed by atoms with Gasteiger partial charge in [0.15, 0.2) is 0 Å². The van der Waals surface area contributed by atoms with Crippen molar-refractivity contribution in [1.29, 1.82) is 5.26 Å². The van der Waals surface area contributed by atoms with E-state index in [2.05, 4.69) is 6.92 Å². The van der Waals surface area contributed by atoms with Crippen LogP contribution >= 0.6 is 23.5 Å². The Labute approximate surface area is 180 Å². The molecule has 29 heavy (non-hydrogen) atoms. The van der Waals surface area contributed by atoms with Gasteiger partial charge in [0, 0.05) is 10.5 Å². The summed E-state index contributed by atoms with van der Waals surface area (Å²) in [6.07, 6.45) is 7.15. The van der Waals surface area contributed by atoms with Gasteiger partial charge in [-0.25, -0.2) is 4.98 Å². The fourth-order valence-corrected chi connectivity index (χ4v) is 4.03. The zero-order valence-corrected chi connectivity index (χ0v) is 18.4. The van der Waals surface area contributed by atoms with Crippen molar-refractivity contribution in [1.82, 2.24) is 9.55 Å². The highest BCUT2D eigenvalue weighted by atomic mass is 32.2. The number of nitrogens with zero attached hydrogens (tertiary/aromatic N) is 3. The van der Waals surface area contributed by atoms with Crippen LogP contribution in [0.3, 0.4) is 0 Å². The molecule has 3 aromatic rings. The molecule has 0 N–H and O–H groups in total. The summed E-state index contributed by atoms with van der Waals surface area (Å²) in [5, 5.41) is 10.0. The van der Waals surface area contributed by atoms with E-state index in [1.165, 1.54) is 17.3 Å². The maximum atomic E-state index is 13.2. The van der Waals surface area contributed by atoms with E-state index >= 15 is 0 Å². The van der Waals surface area contributed by atoms with Gasteiger partial charge in [0.25, 0.3) is 5.56 Å². The second-order valence-electron chi connectivity index (χ2n) is 6.57. The molecule has 0 aliphatic carbocycles. The van der Waals surface area contributed by atoms with Crippen LogP contribution in [-0.4, -0.2) is 22.1 Å². The van der Waals surface area contributed by atoms with Crippen LogP contribution in [0, 0.1) is 11.3 Å². The third-order valence-corrected chi connectivity index (χ3v) is 6.14. The van der Waals surface area contributed by atoms with E-state index in [0.29, 0.717) is 10.9 Å². The van der Waals surface area contributed by atoms with E-state index in [4.69, 9.17) is 4.98 Å². The van der Waals surface area contributed by atoms with Crippen molar-refractivity contribution in [2.75, 3.05) is 12.5 Å². The first-order chi connectivity index (χ1) is 14.1. The first-order valence-electron chi connectivity index (χ1n) is 9.47. The van der Waals surface area contributed by atoms with Crippen molar-refractivity contribution in [3.63, 3.8) is 0 Å². The van der Waals surface area contributed by atoms with Crippen molar-refractivity contribution < 1.29 is 0 Å². The molecule has 0 bridgehead atoms. The van der Waals surface area contributed by atoms with Crippen molar-refractivity contribution in [2.45, 2.75) is 36.1 Å². The minimum Gasteiger partial charge on any atom is -0.267 e. The van der Waals surface area contributed by atoms with Crippen molar-refractivity contribution in [2.24, 2.45) is 0 Å². The maximum Gasteiger partial charge on any atom is 0.277 e. The third kappa shape index (κ3) is 4.58. The number of rotatable bonds is 7. The lowest BCUT2D eigenvalue weighted by molar-refractivity contribution is 0.794. The number of hydrogen-bond donors (Lipinski definition) is 0. The Kier molecular flexibility index (Phi) is 7.18. The molecule has 0 radical (unpaired) electrons. The fraction of sp³-hybridized carbons (Fsp3) is 0.261. The van der Waals surface area contributed by atoms with Crippen LogP contribution in [-0.2, 0) is 6.42 Å². The molecular weight excluding hydrogens is 398 g/mol. The topological polar surface area (TPSA) is 58.7 Å². The lowest BCUT2D eigenvalue weighted by Crippen LogP contribution is -2.25. The number of nitriles is 1. The highest BCUT2D eigenvalue weighted by molar-refractivity contribution is 7.98. The molecule has 6 heteroatoms. The van der Waals surface area contributed by atoms with Crippen LogP contribution in [0.5, 0.6) is 0 Å². The second kappa shape index (κ2) is 9.82. The molecule has 0 spiro atoms. The quantitative estimate of drug-likeness (QED) is 0.369. The molecule has 0 aliphatic rings. The lowest BCUT2D eigenvalue weighted by Gasteiger charge is -2.15. The molecule has 1 aromatic heterocycles. The van der Waals surface area contributed by atoms with E-state index in [9.17, 15) is 10.1 Å². The first kappa shape index (κ1) is 21.2. The van der Waals surface area contributed by atoms with Crippen LogP contribution in [0.15, 0.2) is 63.2 Å². The van der Waals surface area contributed by atoms with Gasteiger partial charge in [0.2, 0.25) is 0 Å². The Morgan fingerprint density at radius 2 is 1.72 bits per heavy atom. The molecule has 0 atom stereocenters. The average molecular weight is 422 g/mol. The normalized spacial score (nSPS) is 10.7. The monoisotopic (exact) mass is 421 g/mol. The summed E-state index contributed by atoms with van der Waals surface area (Å²) in [7, 11) is 0. The largest absolute Gasteiger partial charge is 0.277 e. The van der Waals surface area contributed by atoms with Gasteiger partial charge in [-0.1, -0.05) is 37.6 Å². The minimum atomic E-state index is -0.336. The Balaban J connectivity index is 2.20. The standard InChI is InChI=1S/C23H23N3OS2/c1-4-5-6-16-7-11-18(12-8-16)26-21(17-9-13-19(28-2)14-10-17)25-22(29-3)20(15-24)23(26)27/h7-14H,4-6H2,1-3H3. The van der Waals surface area contributed by atoms with Gasteiger partial charge in [0.1, 0.15) is 22.5 Å². The van der Waals surface area contributed by atoms with Gasteiger partial charge in [-0.2, -0.15) is 5.26 Å². The van der Waals surface area contributed by atoms with Crippen LogP contribution in [0.25, 0.3) is 17.1 Å². The Morgan fingerprint density at radius 1 is 1.03 bits per heavy atom. The molecule has 0 aliphatic heterocycles. The summed E-state index contributed by atoms with van der Waals surface area (Å²) in [6.45, 7) is 2.17.